The zero-order valence-corrected chi connectivity index (χ0v) is 15.8. The van der Waals surface area contributed by atoms with Gasteiger partial charge in [0.25, 0.3) is 0 Å². The fourth-order valence-electron chi connectivity index (χ4n) is 3.25. The Morgan fingerprint density at radius 1 is 1.22 bits per heavy atom. The van der Waals surface area contributed by atoms with Crippen LogP contribution in [-0.4, -0.2) is 33.7 Å². The minimum atomic E-state index is -0.100. The number of aromatic nitrogens is 2. The summed E-state index contributed by atoms with van der Waals surface area (Å²) in [6, 6.07) is 15.3. The fraction of sp³-hybridized carbons (Fsp3) is 0.250. The zero-order chi connectivity index (χ0) is 18.8. The van der Waals surface area contributed by atoms with Crippen LogP contribution in [0.2, 0.25) is 0 Å². The van der Waals surface area contributed by atoms with E-state index in [1.54, 1.807) is 4.90 Å². The first kappa shape index (κ1) is 17.6. The van der Waals surface area contributed by atoms with E-state index in [1.165, 1.54) is 11.8 Å². The molecule has 4 rings (SSSR count). The van der Waals surface area contributed by atoms with Gasteiger partial charge in [0.05, 0.1) is 16.8 Å². The highest BCUT2D eigenvalue weighted by atomic mass is 32.2. The normalized spacial score (nSPS) is 14.1. The van der Waals surface area contributed by atoms with Crippen LogP contribution < -0.4 is 10.2 Å². The Labute approximate surface area is 161 Å². The first-order valence-corrected chi connectivity index (χ1v) is 9.85. The minimum Gasteiger partial charge on any atom is -0.325 e. The molecular weight excluding hydrogens is 360 g/mol. The summed E-state index contributed by atoms with van der Waals surface area (Å²) in [5.41, 5.74) is 3.50. The number of benzene rings is 2. The summed E-state index contributed by atoms with van der Waals surface area (Å²) >= 11 is 1.41. The lowest BCUT2D eigenvalue weighted by molar-refractivity contribution is -0.117. The van der Waals surface area contributed by atoms with Crippen molar-refractivity contribution in [1.29, 1.82) is 0 Å². The van der Waals surface area contributed by atoms with Gasteiger partial charge in [-0.25, -0.2) is 4.98 Å². The molecule has 0 atom stereocenters. The second-order valence-electron chi connectivity index (χ2n) is 6.48. The predicted octanol–water partition coefficient (Wildman–Crippen LogP) is 3.43. The Balaban J connectivity index is 1.40. The Morgan fingerprint density at radius 2 is 2.07 bits per heavy atom. The third kappa shape index (κ3) is 3.68. The van der Waals surface area contributed by atoms with Crippen LogP contribution in [0.4, 0.5) is 11.4 Å². The van der Waals surface area contributed by atoms with E-state index in [0.717, 1.165) is 34.8 Å². The van der Waals surface area contributed by atoms with Crippen molar-refractivity contribution in [2.45, 2.75) is 18.0 Å². The van der Waals surface area contributed by atoms with Crippen molar-refractivity contribution in [2.24, 2.45) is 7.05 Å². The molecular formula is C20H20N4O2S. The number of aryl methyl sites for hydroxylation is 1. The summed E-state index contributed by atoms with van der Waals surface area (Å²) in [5, 5.41) is 3.72. The van der Waals surface area contributed by atoms with Gasteiger partial charge in [0, 0.05) is 31.4 Å². The molecule has 2 amide bonds. The molecule has 0 unspecified atom stereocenters. The number of hydrogen-bond acceptors (Lipinski definition) is 4. The van der Waals surface area contributed by atoms with E-state index in [4.69, 9.17) is 0 Å². The van der Waals surface area contributed by atoms with Gasteiger partial charge in [0.1, 0.15) is 0 Å². The van der Waals surface area contributed by atoms with E-state index >= 15 is 0 Å². The highest BCUT2D eigenvalue weighted by Crippen LogP contribution is 2.25. The summed E-state index contributed by atoms with van der Waals surface area (Å²) in [4.78, 5) is 30.6. The van der Waals surface area contributed by atoms with Crippen LogP contribution in [0, 0.1) is 0 Å². The van der Waals surface area contributed by atoms with Crippen molar-refractivity contribution >= 4 is 46.0 Å². The van der Waals surface area contributed by atoms with E-state index in [1.807, 2.05) is 60.1 Å². The van der Waals surface area contributed by atoms with Crippen LogP contribution >= 0.6 is 11.8 Å². The zero-order valence-electron chi connectivity index (χ0n) is 15.0. The summed E-state index contributed by atoms with van der Waals surface area (Å²) in [5.74, 6) is 0.303. The number of carbonyl (C=O) groups excluding carboxylic acids is 2. The molecule has 1 aliphatic heterocycles. The Morgan fingerprint density at radius 3 is 2.85 bits per heavy atom. The average Bonchev–Trinajstić information content (AvgIpc) is 3.24. The Kier molecular flexibility index (Phi) is 4.85. The molecule has 0 bridgehead atoms. The van der Waals surface area contributed by atoms with Gasteiger partial charge in [0.15, 0.2) is 5.16 Å². The van der Waals surface area contributed by atoms with Crippen molar-refractivity contribution in [3.8, 4) is 0 Å². The van der Waals surface area contributed by atoms with Gasteiger partial charge in [-0.15, -0.1) is 0 Å². The molecule has 138 valence electrons. The summed E-state index contributed by atoms with van der Waals surface area (Å²) < 4.78 is 1.99. The maximum absolute atomic E-state index is 12.4. The number of thioether (sulfide) groups is 1. The lowest BCUT2D eigenvalue weighted by Crippen LogP contribution is -2.23. The van der Waals surface area contributed by atoms with Gasteiger partial charge in [0.2, 0.25) is 11.8 Å². The number of anilines is 2. The van der Waals surface area contributed by atoms with Gasteiger partial charge in [-0.2, -0.15) is 0 Å². The number of para-hydroxylation sites is 2. The number of fused-ring (bicyclic) bond motifs is 1. The number of carbonyl (C=O) groups is 2. The van der Waals surface area contributed by atoms with Crippen molar-refractivity contribution < 1.29 is 9.59 Å². The number of rotatable bonds is 5. The molecule has 7 heteroatoms. The number of nitrogens with zero attached hydrogens (tertiary/aromatic N) is 3. The number of hydrogen-bond donors (Lipinski definition) is 1. The van der Waals surface area contributed by atoms with E-state index in [-0.39, 0.29) is 17.6 Å². The van der Waals surface area contributed by atoms with Crippen molar-refractivity contribution in [1.82, 2.24) is 9.55 Å². The Bertz CT molecular complexity index is 1010. The number of imidazole rings is 1. The summed E-state index contributed by atoms with van der Waals surface area (Å²) in [7, 11) is 1.95. The quantitative estimate of drug-likeness (QED) is 0.689. The lowest BCUT2D eigenvalue weighted by atomic mass is 10.2. The van der Waals surface area contributed by atoms with Crippen LogP contribution in [0.15, 0.2) is 53.7 Å². The maximum atomic E-state index is 12.4. The summed E-state index contributed by atoms with van der Waals surface area (Å²) in [6.45, 7) is 0.735. The number of nitrogens with one attached hydrogen (secondary N) is 1. The molecule has 0 radical (unpaired) electrons. The van der Waals surface area contributed by atoms with E-state index in [2.05, 4.69) is 10.3 Å². The Hall–Kier alpha value is -2.80. The molecule has 0 saturated carbocycles. The molecule has 2 heterocycles. The average molecular weight is 380 g/mol. The van der Waals surface area contributed by atoms with Crippen LogP contribution in [-0.2, 0) is 16.6 Å². The van der Waals surface area contributed by atoms with Crippen molar-refractivity contribution in [2.75, 3.05) is 22.5 Å². The largest absolute Gasteiger partial charge is 0.325 e. The molecule has 0 aliphatic carbocycles. The van der Waals surface area contributed by atoms with Gasteiger partial charge in [-0.1, -0.05) is 30.0 Å². The highest BCUT2D eigenvalue weighted by molar-refractivity contribution is 7.99. The number of amides is 2. The second-order valence-corrected chi connectivity index (χ2v) is 7.42. The second kappa shape index (κ2) is 7.44. The van der Waals surface area contributed by atoms with Crippen LogP contribution in [0.5, 0.6) is 0 Å². The van der Waals surface area contributed by atoms with Crippen LogP contribution in [0.25, 0.3) is 11.0 Å². The third-order valence-electron chi connectivity index (χ3n) is 4.59. The monoisotopic (exact) mass is 380 g/mol. The van der Waals surface area contributed by atoms with Gasteiger partial charge in [-0.3, -0.25) is 9.59 Å². The van der Waals surface area contributed by atoms with E-state index in [0.29, 0.717) is 12.1 Å². The van der Waals surface area contributed by atoms with Gasteiger partial charge in [-0.05, 0) is 36.8 Å². The van der Waals surface area contributed by atoms with E-state index in [9.17, 15) is 9.59 Å². The first-order chi connectivity index (χ1) is 13.1. The van der Waals surface area contributed by atoms with Crippen molar-refractivity contribution in [3.63, 3.8) is 0 Å². The molecule has 1 fully saturated rings. The SMILES string of the molecule is Cn1c(SCC(=O)Nc2cccc(N3CCCC3=O)c2)nc2ccccc21. The van der Waals surface area contributed by atoms with E-state index < -0.39 is 0 Å². The molecule has 0 spiro atoms. The standard InChI is InChI=1S/C20H20N4O2S/c1-23-17-9-3-2-8-16(17)22-20(23)27-13-18(25)21-14-6-4-7-15(12-14)24-11-5-10-19(24)26/h2-4,6-9,12H,5,10-11,13H2,1H3,(H,21,25). The van der Waals surface area contributed by atoms with Crippen LogP contribution in [0.1, 0.15) is 12.8 Å². The summed E-state index contributed by atoms with van der Waals surface area (Å²) in [6.07, 6.45) is 1.47. The van der Waals surface area contributed by atoms with Gasteiger partial charge >= 0.3 is 0 Å². The molecule has 1 aromatic heterocycles. The fourth-order valence-corrected chi connectivity index (χ4v) is 4.04. The van der Waals surface area contributed by atoms with Gasteiger partial charge < -0.3 is 14.8 Å². The molecule has 1 aliphatic rings. The lowest BCUT2D eigenvalue weighted by Gasteiger charge is -2.16. The van der Waals surface area contributed by atoms with Crippen LogP contribution in [0.3, 0.4) is 0 Å². The molecule has 6 nitrogen and oxygen atoms in total. The maximum Gasteiger partial charge on any atom is 0.234 e. The predicted molar refractivity (Wildman–Crippen MR) is 108 cm³/mol. The smallest absolute Gasteiger partial charge is 0.234 e. The molecule has 27 heavy (non-hydrogen) atoms. The topological polar surface area (TPSA) is 67.2 Å². The third-order valence-corrected chi connectivity index (χ3v) is 5.62. The minimum absolute atomic E-state index is 0.100. The highest BCUT2D eigenvalue weighted by Gasteiger charge is 2.21. The molecule has 1 saturated heterocycles. The molecule has 1 N–H and O–H groups in total. The van der Waals surface area contributed by atoms with Crippen molar-refractivity contribution in [3.05, 3.63) is 48.5 Å². The first-order valence-electron chi connectivity index (χ1n) is 8.86. The molecule has 2 aromatic carbocycles. The molecule has 3 aromatic rings.